The smallest absolute Gasteiger partial charge is 0.265 e. The number of carbonyl (C=O) groups excluding carboxylic acids is 1. The molecule has 136 valence electrons. The van der Waals surface area contributed by atoms with Crippen LogP contribution in [0.3, 0.4) is 0 Å². The van der Waals surface area contributed by atoms with Gasteiger partial charge in [-0.2, -0.15) is 0 Å². The van der Waals surface area contributed by atoms with Crippen molar-refractivity contribution in [3.63, 3.8) is 0 Å². The average molecular weight is 404 g/mol. The minimum Gasteiger partial charge on any atom is -0.479 e. The molecule has 25 heavy (non-hydrogen) atoms. The van der Waals surface area contributed by atoms with Gasteiger partial charge in [0.05, 0.1) is 5.02 Å². The maximum Gasteiger partial charge on any atom is 0.265 e. The summed E-state index contributed by atoms with van der Waals surface area (Å²) in [5.74, 6) is 0.128. The van der Waals surface area contributed by atoms with Crippen LogP contribution in [0.2, 0.25) is 10.0 Å². The molecule has 0 saturated heterocycles. The predicted molar refractivity (Wildman–Crippen MR) is 106 cm³/mol. The van der Waals surface area contributed by atoms with Gasteiger partial charge in [0.2, 0.25) is 0 Å². The molecule has 2 aromatic rings. The standard InChI is InChI=1S/C18H20Cl2N2O2.ClH/c1-3-21-11-13-7-4-5-9-15(13)22-18(23)12(2)24-16-10-6-8-14(19)17(16)20;/h4-10,12,21H,3,11H2,1-2H3,(H,22,23);1H. The Hall–Kier alpha value is -1.46. The molecule has 0 bridgehead atoms. The summed E-state index contributed by atoms with van der Waals surface area (Å²) in [5.41, 5.74) is 1.77. The van der Waals surface area contributed by atoms with E-state index < -0.39 is 6.10 Å². The molecule has 0 aromatic heterocycles. The lowest BCUT2D eigenvalue weighted by Gasteiger charge is -2.17. The van der Waals surface area contributed by atoms with Gasteiger partial charge in [0, 0.05) is 12.2 Å². The highest BCUT2D eigenvalue weighted by Gasteiger charge is 2.18. The van der Waals surface area contributed by atoms with Crippen molar-refractivity contribution in [3.05, 3.63) is 58.1 Å². The highest BCUT2D eigenvalue weighted by molar-refractivity contribution is 6.42. The van der Waals surface area contributed by atoms with E-state index in [0.29, 0.717) is 22.3 Å². The third kappa shape index (κ3) is 6.08. The number of nitrogens with one attached hydrogen (secondary N) is 2. The molecule has 1 atom stereocenters. The molecule has 7 heteroatoms. The van der Waals surface area contributed by atoms with Gasteiger partial charge in [0.1, 0.15) is 10.8 Å². The molecule has 0 radical (unpaired) electrons. The molecule has 1 unspecified atom stereocenters. The van der Waals surface area contributed by atoms with Crippen LogP contribution in [0.5, 0.6) is 5.75 Å². The molecule has 2 rings (SSSR count). The summed E-state index contributed by atoms with van der Waals surface area (Å²) in [7, 11) is 0. The first kappa shape index (κ1) is 21.6. The second-order valence-corrected chi connectivity index (χ2v) is 6.02. The largest absolute Gasteiger partial charge is 0.479 e. The molecule has 2 N–H and O–H groups in total. The maximum atomic E-state index is 12.4. The normalized spacial score (nSPS) is 11.4. The molecule has 0 aliphatic rings. The fraction of sp³-hybridized carbons (Fsp3) is 0.278. The van der Waals surface area contributed by atoms with Crippen LogP contribution >= 0.6 is 35.6 Å². The molecule has 0 fully saturated rings. The van der Waals surface area contributed by atoms with E-state index in [9.17, 15) is 4.79 Å². The summed E-state index contributed by atoms with van der Waals surface area (Å²) < 4.78 is 5.64. The number of benzene rings is 2. The molecule has 0 heterocycles. The van der Waals surface area contributed by atoms with Crippen molar-refractivity contribution in [2.45, 2.75) is 26.5 Å². The van der Waals surface area contributed by atoms with Crippen molar-refractivity contribution in [2.24, 2.45) is 0 Å². The van der Waals surface area contributed by atoms with Gasteiger partial charge in [0.15, 0.2) is 6.10 Å². The highest BCUT2D eigenvalue weighted by atomic mass is 35.5. The number of amides is 1. The van der Waals surface area contributed by atoms with Gasteiger partial charge < -0.3 is 15.4 Å². The van der Waals surface area contributed by atoms with Crippen LogP contribution < -0.4 is 15.4 Å². The van der Waals surface area contributed by atoms with E-state index in [1.807, 2.05) is 31.2 Å². The third-order valence-corrected chi connectivity index (χ3v) is 4.23. The Balaban J connectivity index is 0.00000312. The number of anilines is 1. The zero-order valence-electron chi connectivity index (χ0n) is 14.0. The number of ether oxygens (including phenoxy) is 1. The van der Waals surface area contributed by atoms with Gasteiger partial charge in [-0.15, -0.1) is 12.4 Å². The van der Waals surface area contributed by atoms with E-state index in [1.165, 1.54) is 0 Å². The van der Waals surface area contributed by atoms with Crippen molar-refractivity contribution in [2.75, 3.05) is 11.9 Å². The summed E-state index contributed by atoms with van der Waals surface area (Å²) >= 11 is 12.0. The van der Waals surface area contributed by atoms with Crippen LogP contribution in [0.25, 0.3) is 0 Å². The monoisotopic (exact) mass is 402 g/mol. The third-order valence-electron chi connectivity index (χ3n) is 3.43. The van der Waals surface area contributed by atoms with Crippen molar-refractivity contribution in [1.29, 1.82) is 0 Å². The topological polar surface area (TPSA) is 50.4 Å². The van der Waals surface area contributed by atoms with Crippen molar-refractivity contribution in [1.82, 2.24) is 5.32 Å². The Morgan fingerprint density at radius 1 is 1.16 bits per heavy atom. The van der Waals surface area contributed by atoms with E-state index in [0.717, 1.165) is 17.8 Å². The Morgan fingerprint density at radius 3 is 2.60 bits per heavy atom. The minimum absolute atomic E-state index is 0. The second kappa shape index (κ2) is 10.5. The number of rotatable bonds is 7. The summed E-state index contributed by atoms with van der Waals surface area (Å²) in [5, 5.41) is 6.82. The zero-order chi connectivity index (χ0) is 17.5. The summed E-state index contributed by atoms with van der Waals surface area (Å²) in [6, 6.07) is 12.7. The number of hydrogen-bond acceptors (Lipinski definition) is 3. The molecule has 0 saturated carbocycles. The number of carbonyl (C=O) groups is 1. The molecule has 0 spiro atoms. The van der Waals surface area contributed by atoms with E-state index in [-0.39, 0.29) is 18.3 Å². The van der Waals surface area contributed by atoms with Crippen LogP contribution in [-0.2, 0) is 11.3 Å². The van der Waals surface area contributed by atoms with Gasteiger partial charge in [-0.3, -0.25) is 4.79 Å². The molecule has 1 amide bonds. The van der Waals surface area contributed by atoms with Gasteiger partial charge in [-0.05, 0) is 37.2 Å². The predicted octanol–water partition coefficient (Wildman–Crippen LogP) is 4.93. The zero-order valence-corrected chi connectivity index (χ0v) is 16.3. The van der Waals surface area contributed by atoms with E-state index in [4.69, 9.17) is 27.9 Å². The molecular formula is C18H21Cl3N2O2. The summed E-state index contributed by atoms with van der Waals surface area (Å²) in [6.45, 7) is 5.24. The Labute approximate surface area is 164 Å². The SMILES string of the molecule is CCNCc1ccccc1NC(=O)C(C)Oc1cccc(Cl)c1Cl.Cl. The maximum absolute atomic E-state index is 12.4. The molecule has 4 nitrogen and oxygen atoms in total. The van der Waals surface area contributed by atoms with Gasteiger partial charge in [-0.25, -0.2) is 0 Å². The summed E-state index contributed by atoms with van der Waals surface area (Å²) in [6.07, 6.45) is -0.715. The van der Waals surface area contributed by atoms with E-state index in [2.05, 4.69) is 10.6 Å². The number of para-hydroxylation sites is 1. The van der Waals surface area contributed by atoms with Crippen LogP contribution in [0, 0.1) is 0 Å². The molecule has 0 aliphatic heterocycles. The fourth-order valence-electron chi connectivity index (χ4n) is 2.11. The number of hydrogen-bond donors (Lipinski definition) is 2. The minimum atomic E-state index is -0.715. The van der Waals surface area contributed by atoms with Crippen LogP contribution in [0.15, 0.2) is 42.5 Å². The van der Waals surface area contributed by atoms with E-state index in [1.54, 1.807) is 25.1 Å². The molecule has 2 aromatic carbocycles. The van der Waals surface area contributed by atoms with Crippen LogP contribution in [-0.4, -0.2) is 18.6 Å². The number of halogens is 3. The average Bonchev–Trinajstić information content (AvgIpc) is 2.58. The first-order valence-electron chi connectivity index (χ1n) is 7.73. The lowest BCUT2D eigenvalue weighted by atomic mass is 10.1. The second-order valence-electron chi connectivity index (χ2n) is 5.24. The van der Waals surface area contributed by atoms with Crippen molar-refractivity contribution < 1.29 is 9.53 Å². The lowest BCUT2D eigenvalue weighted by Crippen LogP contribution is -2.30. The quantitative estimate of drug-likeness (QED) is 0.689. The van der Waals surface area contributed by atoms with Crippen molar-refractivity contribution in [3.8, 4) is 5.75 Å². The summed E-state index contributed by atoms with van der Waals surface area (Å²) in [4.78, 5) is 12.4. The van der Waals surface area contributed by atoms with E-state index >= 15 is 0 Å². The first-order valence-corrected chi connectivity index (χ1v) is 8.48. The van der Waals surface area contributed by atoms with Gasteiger partial charge in [-0.1, -0.05) is 54.4 Å². The highest BCUT2D eigenvalue weighted by Crippen LogP contribution is 2.32. The molecular weight excluding hydrogens is 383 g/mol. The van der Waals surface area contributed by atoms with Crippen molar-refractivity contribution >= 4 is 47.2 Å². The Bertz CT molecular complexity index is 710. The molecule has 0 aliphatic carbocycles. The van der Waals surface area contributed by atoms with Gasteiger partial charge in [0.25, 0.3) is 5.91 Å². The Morgan fingerprint density at radius 2 is 1.88 bits per heavy atom. The first-order chi connectivity index (χ1) is 11.5. The van der Waals surface area contributed by atoms with Crippen LogP contribution in [0.4, 0.5) is 5.69 Å². The van der Waals surface area contributed by atoms with Crippen LogP contribution in [0.1, 0.15) is 19.4 Å². The lowest BCUT2D eigenvalue weighted by molar-refractivity contribution is -0.122. The Kier molecular flexibility index (Phi) is 9.08. The van der Waals surface area contributed by atoms with Gasteiger partial charge >= 0.3 is 0 Å². The fourth-order valence-corrected chi connectivity index (χ4v) is 2.45.